The van der Waals surface area contributed by atoms with E-state index in [1.807, 2.05) is 0 Å². The van der Waals surface area contributed by atoms with Crippen LogP contribution in [0.3, 0.4) is 0 Å². The van der Waals surface area contributed by atoms with Crippen LogP contribution in [0.4, 0.5) is 0 Å². The van der Waals surface area contributed by atoms with Crippen molar-refractivity contribution < 1.29 is 4.79 Å². The summed E-state index contributed by atoms with van der Waals surface area (Å²) in [4.78, 5) is 11.1. The predicted octanol–water partition coefficient (Wildman–Crippen LogP) is 0.633. The number of hydrogen-bond acceptors (Lipinski definition) is 3. The van der Waals surface area contributed by atoms with Gasteiger partial charge in [-0.1, -0.05) is 12.8 Å². The normalized spacial score (nSPS) is 23.5. The van der Waals surface area contributed by atoms with Gasteiger partial charge in [-0.2, -0.15) is 0 Å². The summed E-state index contributed by atoms with van der Waals surface area (Å²) in [6.45, 7) is 3.72. The summed E-state index contributed by atoms with van der Waals surface area (Å²) in [6, 6.07) is 1.02. The molecule has 1 heterocycles. The molecule has 2 atom stereocenters. The van der Waals surface area contributed by atoms with E-state index in [0.29, 0.717) is 18.6 Å². The van der Waals surface area contributed by atoms with Crippen molar-refractivity contribution in [2.24, 2.45) is 0 Å². The maximum atomic E-state index is 11.1. The molecule has 1 amide bonds. The zero-order valence-electron chi connectivity index (χ0n) is 10.5. The number of hydrogen-bond donors (Lipinski definition) is 3. The van der Waals surface area contributed by atoms with Crippen molar-refractivity contribution in [2.45, 2.75) is 51.1 Å². The van der Waals surface area contributed by atoms with Gasteiger partial charge in [0.15, 0.2) is 0 Å². The first kappa shape index (κ1) is 13.5. The minimum atomic E-state index is 0.0562. The highest BCUT2D eigenvalue weighted by molar-refractivity contribution is 5.77. The van der Waals surface area contributed by atoms with Crippen molar-refractivity contribution in [1.82, 2.24) is 16.0 Å². The Morgan fingerprint density at radius 3 is 3.00 bits per heavy atom. The van der Waals surface area contributed by atoms with Gasteiger partial charge in [-0.3, -0.25) is 4.79 Å². The fourth-order valence-electron chi connectivity index (χ4n) is 2.17. The lowest BCUT2D eigenvalue weighted by Crippen LogP contribution is -2.40. The number of carbonyl (C=O) groups excluding carboxylic acids is 1. The Morgan fingerprint density at radius 1 is 1.44 bits per heavy atom. The molecule has 1 rings (SSSR count). The second-order valence-electron chi connectivity index (χ2n) is 4.69. The maximum absolute atomic E-state index is 11.1. The number of nitrogens with one attached hydrogen (secondary N) is 3. The summed E-state index contributed by atoms with van der Waals surface area (Å²) < 4.78 is 0. The standard InChI is InChI=1S/C12H25N3O/c1-10(15-9-12(16)13-2)8-11-6-4-3-5-7-14-11/h10-11,14-15H,3-9H2,1-2H3,(H,13,16). The molecule has 0 bridgehead atoms. The van der Waals surface area contributed by atoms with Gasteiger partial charge in [-0.15, -0.1) is 0 Å². The minimum Gasteiger partial charge on any atom is -0.358 e. The summed E-state index contributed by atoms with van der Waals surface area (Å²) in [5, 5.41) is 9.44. The Bertz CT molecular complexity index is 200. The van der Waals surface area contributed by atoms with Crippen LogP contribution >= 0.6 is 0 Å². The third-order valence-electron chi connectivity index (χ3n) is 3.19. The van der Waals surface area contributed by atoms with Crippen molar-refractivity contribution in [3.63, 3.8) is 0 Å². The molecule has 1 fully saturated rings. The molecule has 0 aromatic heterocycles. The van der Waals surface area contributed by atoms with Gasteiger partial charge in [0.05, 0.1) is 6.54 Å². The van der Waals surface area contributed by atoms with Crippen LogP contribution in [0.1, 0.15) is 39.0 Å². The lowest BCUT2D eigenvalue weighted by atomic mass is 10.0. The average molecular weight is 227 g/mol. The van der Waals surface area contributed by atoms with Crippen molar-refractivity contribution in [3.05, 3.63) is 0 Å². The molecule has 3 N–H and O–H groups in total. The molecular formula is C12H25N3O. The van der Waals surface area contributed by atoms with Crippen LogP contribution in [-0.4, -0.2) is 38.1 Å². The van der Waals surface area contributed by atoms with Gasteiger partial charge in [0.1, 0.15) is 0 Å². The summed E-state index contributed by atoms with van der Waals surface area (Å²) in [5.74, 6) is 0.0562. The fraction of sp³-hybridized carbons (Fsp3) is 0.917. The molecular weight excluding hydrogens is 202 g/mol. The smallest absolute Gasteiger partial charge is 0.233 e. The zero-order valence-corrected chi connectivity index (χ0v) is 10.5. The van der Waals surface area contributed by atoms with Gasteiger partial charge in [0, 0.05) is 19.1 Å². The molecule has 0 radical (unpaired) electrons. The van der Waals surface area contributed by atoms with E-state index in [0.717, 1.165) is 13.0 Å². The van der Waals surface area contributed by atoms with Crippen molar-refractivity contribution in [3.8, 4) is 0 Å². The van der Waals surface area contributed by atoms with Gasteiger partial charge in [-0.05, 0) is 32.7 Å². The fourth-order valence-corrected chi connectivity index (χ4v) is 2.17. The largest absolute Gasteiger partial charge is 0.358 e. The summed E-state index contributed by atoms with van der Waals surface area (Å²) in [7, 11) is 1.67. The maximum Gasteiger partial charge on any atom is 0.233 e. The summed E-state index contributed by atoms with van der Waals surface area (Å²) in [6.07, 6.45) is 6.36. The molecule has 0 spiro atoms. The van der Waals surface area contributed by atoms with Crippen LogP contribution in [0.15, 0.2) is 0 Å². The highest BCUT2D eigenvalue weighted by Crippen LogP contribution is 2.12. The third kappa shape index (κ3) is 5.47. The van der Waals surface area contributed by atoms with Crippen molar-refractivity contribution in [1.29, 1.82) is 0 Å². The second kappa shape index (κ2) is 7.63. The topological polar surface area (TPSA) is 53.2 Å². The van der Waals surface area contributed by atoms with Crippen LogP contribution in [0.2, 0.25) is 0 Å². The molecule has 94 valence electrons. The second-order valence-corrected chi connectivity index (χ2v) is 4.69. The first-order chi connectivity index (χ1) is 7.72. The number of carbonyl (C=O) groups is 1. The molecule has 1 saturated heterocycles. The van der Waals surface area contributed by atoms with Gasteiger partial charge >= 0.3 is 0 Å². The average Bonchev–Trinajstić information content (AvgIpc) is 2.54. The highest BCUT2D eigenvalue weighted by atomic mass is 16.1. The van der Waals surface area contributed by atoms with Gasteiger partial charge < -0.3 is 16.0 Å². The number of likely N-dealkylation sites (N-methyl/N-ethyl adjacent to an activating group) is 1. The van der Waals surface area contributed by atoms with Crippen LogP contribution in [0, 0.1) is 0 Å². The Balaban J connectivity index is 2.16. The lowest BCUT2D eigenvalue weighted by molar-refractivity contribution is -0.119. The lowest BCUT2D eigenvalue weighted by Gasteiger charge is -2.21. The Hall–Kier alpha value is -0.610. The van der Waals surface area contributed by atoms with E-state index in [1.54, 1.807) is 7.05 Å². The van der Waals surface area contributed by atoms with E-state index in [2.05, 4.69) is 22.9 Å². The molecule has 16 heavy (non-hydrogen) atoms. The van der Waals surface area contributed by atoms with Crippen LogP contribution < -0.4 is 16.0 Å². The van der Waals surface area contributed by atoms with Gasteiger partial charge in [0.25, 0.3) is 0 Å². The molecule has 4 nitrogen and oxygen atoms in total. The molecule has 0 saturated carbocycles. The monoisotopic (exact) mass is 227 g/mol. The van der Waals surface area contributed by atoms with E-state index in [1.165, 1.54) is 25.7 Å². The summed E-state index contributed by atoms with van der Waals surface area (Å²) in [5.41, 5.74) is 0. The minimum absolute atomic E-state index is 0.0562. The van der Waals surface area contributed by atoms with Crippen LogP contribution in [0.25, 0.3) is 0 Å². The number of rotatable bonds is 5. The Kier molecular flexibility index (Phi) is 6.42. The third-order valence-corrected chi connectivity index (χ3v) is 3.19. The van der Waals surface area contributed by atoms with E-state index in [9.17, 15) is 4.79 Å². The molecule has 1 aliphatic heterocycles. The molecule has 0 aliphatic carbocycles. The van der Waals surface area contributed by atoms with E-state index < -0.39 is 0 Å². The molecule has 4 heteroatoms. The van der Waals surface area contributed by atoms with E-state index >= 15 is 0 Å². The summed E-state index contributed by atoms with van der Waals surface area (Å²) >= 11 is 0. The highest BCUT2D eigenvalue weighted by Gasteiger charge is 2.14. The first-order valence-electron chi connectivity index (χ1n) is 6.39. The molecule has 0 aromatic carbocycles. The number of amides is 1. The van der Waals surface area contributed by atoms with E-state index in [-0.39, 0.29) is 5.91 Å². The Labute approximate surface area is 98.6 Å². The van der Waals surface area contributed by atoms with Crippen molar-refractivity contribution in [2.75, 3.05) is 20.1 Å². The predicted molar refractivity (Wildman–Crippen MR) is 66.4 cm³/mol. The van der Waals surface area contributed by atoms with Gasteiger partial charge in [0.2, 0.25) is 5.91 Å². The SMILES string of the molecule is CNC(=O)CNC(C)CC1CCCCCN1. The van der Waals surface area contributed by atoms with Gasteiger partial charge in [-0.25, -0.2) is 0 Å². The Morgan fingerprint density at radius 2 is 2.25 bits per heavy atom. The molecule has 2 unspecified atom stereocenters. The van der Waals surface area contributed by atoms with E-state index in [4.69, 9.17) is 0 Å². The van der Waals surface area contributed by atoms with Crippen molar-refractivity contribution >= 4 is 5.91 Å². The quantitative estimate of drug-likeness (QED) is 0.646. The zero-order chi connectivity index (χ0) is 11.8. The van der Waals surface area contributed by atoms with Crippen LogP contribution in [-0.2, 0) is 4.79 Å². The molecule has 0 aromatic rings. The molecule has 1 aliphatic rings. The first-order valence-corrected chi connectivity index (χ1v) is 6.39. The van der Waals surface area contributed by atoms with Crippen LogP contribution in [0.5, 0.6) is 0 Å².